The second-order valence-corrected chi connectivity index (χ2v) is 4.65. The Morgan fingerprint density at radius 1 is 1.45 bits per heavy atom. The summed E-state index contributed by atoms with van der Waals surface area (Å²) in [5, 5.41) is 10.9. The molecule has 0 saturated heterocycles. The van der Waals surface area contributed by atoms with Crippen LogP contribution < -0.4 is 5.73 Å². The Kier molecular flexibility index (Phi) is 7.79. The molecule has 0 bridgehead atoms. The zero-order valence-corrected chi connectivity index (χ0v) is 12.4. The van der Waals surface area contributed by atoms with E-state index in [0.717, 1.165) is 0 Å². The fraction of sp³-hybridized carbons (Fsp3) is 0.462. The number of carbonyl (C=O) groups is 1. The van der Waals surface area contributed by atoms with E-state index < -0.39 is 4.92 Å². The van der Waals surface area contributed by atoms with Gasteiger partial charge in [-0.15, -0.1) is 12.4 Å². The second kappa shape index (κ2) is 8.50. The zero-order valence-electron chi connectivity index (χ0n) is 11.6. The van der Waals surface area contributed by atoms with Gasteiger partial charge < -0.3 is 10.6 Å². The molecule has 112 valence electrons. The van der Waals surface area contributed by atoms with Gasteiger partial charge in [-0.3, -0.25) is 14.9 Å². The van der Waals surface area contributed by atoms with Crippen molar-refractivity contribution in [3.05, 3.63) is 39.9 Å². The number of halogens is 1. The number of hydrogen-bond acceptors (Lipinski definition) is 4. The normalized spacial score (nSPS) is 11.3. The predicted octanol–water partition coefficient (Wildman–Crippen LogP) is 2.10. The maximum absolute atomic E-state index is 11.8. The van der Waals surface area contributed by atoms with Gasteiger partial charge in [0.15, 0.2) is 0 Å². The summed E-state index contributed by atoms with van der Waals surface area (Å²) < 4.78 is 0. The van der Waals surface area contributed by atoms with Gasteiger partial charge >= 0.3 is 0 Å². The molecule has 0 aromatic heterocycles. The highest BCUT2D eigenvalue weighted by atomic mass is 35.5. The number of para-hydroxylation sites is 1. The summed E-state index contributed by atoms with van der Waals surface area (Å²) in [7, 11) is 1.64. The van der Waals surface area contributed by atoms with Crippen molar-refractivity contribution in [3.63, 3.8) is 0 Å². The van der Waals surface area contributed by atoms with E-state index in [-0.39, 0.29) is 36.6 Å². The lowest BCUT2D eigenvalue weighted by molar-refractivity contribution is -0.385. The Labute approximate surface area is 124 Å². The monoisotopic (exact) mass is 301 g/mol. The topological polar surface area (TPSA) is 89.5 Å². The van der Waals surface area contributed by atoms with Crippen molar-refractivity contribution >= 4 is 24.0 Å². The molecule has 1 unspecified atom stereocenters. The number of rotatable bonds is 6. The van der Waals surface area contributed by atoms with E-state index >= 15 is 0 Å². The standard InChI is InChI=1S/C13H19N3O3.ClH/c1-10(14)7-8-13(17)15(2)9-11-5-3-4-6-12(11)16(18)19;/h3-6,10H,7-9,14H2,1-2H3;1H. The molecule has 1 aromatic carbocycles. The van der Waals surface area contributed by atoms with Crippen LogP contribution in [0.4, 0.5) is 5.69 Å². The van der Waals surface area contributed by atoms with Crippen LogP contribution in [0.3, 0.4) is 0 Å². The summed E-state index contributed by atoms with van der Waals surface area (Å²) >= 11 is 0. The average Bonchev–Trinajstić information content (AvgIpc) is 2.36. The van der Waals surface area contributed by atoms with Gasteiger partial charge in [0.1, 0.15) is 0 Å². The van der Waals surface area contributed by atoms with E-state index in [2.05, 4.69) is 0 Å². The minimum absolute atomic E-state index is 0. The summed E-state index contributed by atoms with van der Waals surface area (Å²) in [6, 6.07) is 6.41. The Hall–Kier alpha value is -1.66. The summed E-state index contributed by atoms with van der Waals surface area (Å²) in [5.41, 5.74) is 6.17. The molecule has 6 nitrogen and oxygen atoms in total. The first-order valence-corrected chi connectivity index (χ1v) is 6.13. The number of nitro groups is 1. The molecule has 7 heteroatoms. The van der Waals surface area contributed by atoms with Crippen LogP contribution in [-0.2, 0) is 11.3 Å². The zero-order chi connectivity index (χ0) is 14.4. The molecule has 1 atom stereocenters. The minimum Gasteiger partial charge on any atom is -0.341 e. The SMILES string of the molecule is CC(N)CCC(=O)N(C)Cc1ccccc1[N+](=O)[O-].Cl. The van der Waals surface area contributed by atoms with Crippen LogP contribution in [0.2, 0.25) is 0 Å². The summed E-state index contributed by atoms with van der Waals surface area (Å²) in [6.07, 6.45) is 0.967. The Morgan fingerprint density at radius 2 is 2.05 bits per heavy atom. The molecule has 0 heterocycles. The third-order valence-electron chi connectivity index (χ3n) is 2.84. The quantitative estimate of drug-likeness (QED) is 0.643. The summed E-state index contributed by atoms with van der Waals surface area (Å²) in [4.78, 5) is 23.8. The van der Waals surface area contributed by atoms with Gasteiger partial charge in [-0.1, -0.05) is 18.2 Å². The first kappa shape index (κ1) is 18.3. The van der Waals surface area contributed by atoms with E-state index in [4.69, 9.17) is 5.73 Å². The van der Waals surface area contributed by atoms with Crippen LogP contribution in [0.1, 0.15) is 25.3 Å². The third kappa shape index (κ3) is 5.54. The van der Waals surface area contributed by atoms with Crippen molar-refractivity contribution in [2.24, 2.45) is 5.73 Å². The van der Waals surface area contributed by atoms with Gasteiger partial charge in [0, 0.05) is 31.1 Å². The number of carbonyl (C=O) groups excluding carboxylic acids is 1. The van der Waals surface area contributed by atoms with Gasteiger partial charge in [-0.25, -0.2) is 0 Å². The molecule has 1 aromatic rings. The van der Waals surface area contributed by atoms with Crippen LogP contribution in [0, 0.1) is 10.1 Å². The second-order valence-electron chi connectivity index (χ2n) is 4.65. The highest BCUT2D eigenvalue weighted by Gasteiger charge is 2.16. The predicted molar refractivity (Wildman–Crippen MR) is 79.7 cm³/mol. The molecule has 1 amide bonds. The van der Waals surface area contributed by atoms with Crippen LogP contribution in [0.25, 0.3) is 0 Å². The maximum Gasteiger partial charge on any atom is 0.274 e. The molecule has 0 saturated carbocycles. The number of benzene rings is 1. The Balaban J connectivity index is 0.00000361. The molecular weight excluding hydrogens is 282 g/mol. The van der Waals surface area contributed by atoms with Crippen LogP contribution in [-0.4, -0.2) is 28.8 Å². The summed E-state index contributed by atoms with van der Waals surface area (Å²) in [6.45, 7) is 2.07. The van der Waals surface area contributed by atoms with E-state index in [9.17, 15) is 14.9 Å². The highest BCUT2D eigenvalue weighted by molar-refractivity contribution is 5.85. The van der Waals surface area contributed by atoms with Crippen molar-refractivity contribution in [3.8, 4) is 0 Å². The molecular formula is C13H20ClN3O3. The molecule has 0 radical (unpaired) electrons. The van der Waals surface area contributed by atoms with Crippen molar-refractivity contribution in [1.82, 2.24) is 4.90 Å². The van der Waals surface area contributed by atoms with Crippen LogP contribution in [0.5, 0.6) is 0 Å². The van der Waals surface area contributed by atoms with Crippen molar-refractivity contribution in [2.75, 3.05) is 7.05 Å². The van der Waals surface area contributed by atoms with Gasteiger partial charge in [-0.2, -0.15) is 0 Å². The van der Waals surface area contributed by atoms with E-state index in [0.29, 0.717) is 18.4 Å². The number of nitrogens with two attached hydrogens (primary N) is 1. The fourth-order valence-electron chi connectivity index (χ4n) is 1.71. The van der Waals surface area contributed by atoms with Crippen molar-refractivity contribution in [2.45, 2.75) is 32.4 Å². The van der Waals surface area contributed by atoms with Gasteiger partial charge in [0.2, 0.25) is 5.91 Å². The minimum atomic E-state index is -0.435. The first-order valence-electron chi connectivity index (χ1n) is 6.13. The van der Waals surface area contributed by atoms with Crippen molar-refractivity contribution in [1.29, 1.82) is 0 Å². The smallest absolute Gasteiger partial charge is 0.274 e. The first-order chi connectivity index (χ1) is 8.91. The van der Waals surface area contributed by atoms with Crippen molar-refractivity contribution < 1.29 is 9.72 Å². The Bertz CT molecular complexity index is 466. The third-order valence-corrected chi connectivity index (χ3v) is 2.84. The van der Waals surface area contributed by atoms with Crippen LogP contribution >= 0.6 is 12.4 Å². The average molecular weight is 302 g/mol. The van der Waals surface area contributed by atoms with E-state index in [1.165, 1.54) is 11.0 Å². The molecule has 20 heavy (non-hydrogen) atoms. The maximum atomic E-state index is 11.8. The summed E-state index contributed by atoms with van der Waals surface area (Å²) in [5.74, 6) is -0.0598. The molecule has 0 fully saturated rings. The van der Waals surface area contributed by atoms with E-state index in [1.807, 2.05) is 6.92 Å². The van der Waals surface area contributed by atoms with Crippen LogP contribution in [0.15, 0.2) is 24.3 Å². The number of nitrogens with zero attached hydrogens (tertiary/aromatic N) is 2. The highest BCUT2D eigenvalue weighted by Crippen LogP contribution is 2.19. The number of nitro benzene ring substituents is 1. The lowest BCUT2D eigenvalue weighted by atomic mass is 10.1. The lowest BCUT2D eigenvalue weighted by Crippen LogP contribution is -2.28. The number of amides is 1. The largest absolute Gasteiger partial charge is 0.341 e. The van der Waals surface area contributed by atoms with E-state index in [1.54, 1.807) is 25.2 Å². The molecule has 1 rings (SSSR count). The molecule has 0 aliphatic heterocycles. The fourth-order valence-corrected chi connectivity index (χ4v) is 1.71. The molecule has 0 aliphatic carbocycles. The van der Waals surface area contributed by atoms with Gasteiger partial charge in [0.05, 0.1) is 11.5 Å². The number of hydrogen-bond donors (Lipinski definition) is 1. The lowest BCUT2D eigenvalue weighted by Gasteiger charge is -2.17. The molecule has 2 N–H and O–H groups in total. The van der Waals surface area contributed by atoms with Gasteiger partial charge in [0.25, 0.3) is 5.69 Å². The molecule has 0 aliphatic rings. The molecule has 0 spiro atoms. The van der Waals surface area contributed by atoms with Gasteiger partial charge in [-0.05, 0) is 13.3 Å². The Morgan fingerprint density at radius 3 is 2.60 bits per heavy atom.